The first-order chi connectivity index (χ1) is 5.66. The van der Waals surface area contributed by atoms with Crippen LogP contribution in [0.1, 0.15) is 33.6 Å². The van der Waals surface area contributed by atoms with Gasteiger partial charge in [-0.15, -0.1) is 0 Å². The van der Waals surface area contributed by atoms with Crippen molar-refractivity contribution in [3.8, 4) is 0 Å². The van der Waals surface area contributed by atoms with Crippen LogP contribution < -0.4 is 0 Å². The SMILES string of the molecule is CCCC1N(C)C=NN1C(C)C. The third-order valence-electron chi connectivity index (χ3n) is 2.22. The zero-order chi connectivity index (χ0) is 9.14. The average Bonchev–Trinajstić information content (AvgIpc) is 2.34. The molecule has 1 atom stereocenters. The second-order valence-corrected chi connectivity index (χ2v) is 3.64. The smallest absolute Gasteiger partial charge is 0.119 e. The topological polar surface area (TPSA) is 18.8 Å². The molecule has 1 aliphatic rings. The minimum Gasteiger partial charge on any atom is -0.343 e. The van der Waals surface area contributed by atoms with Crippen molar-refractivity contribution in [1.29, 1.82) is 0 Å². The summed E-state index contributed by atoms with van der Waals surface area (Å²) >= 11 is 0. The molecular formula is C9H19N3. The number of hydrogen-bond acceptors (Lipinski definition) is 3. The van der Waals surface area contributed by atoms with Crippen LogP contribution >= 0.6 is 0 Å². The molecule has 0 radical (unpaired) electrons. The molecule has 0 aromatic rings. The van der Waals surface area contributed by atoms with Gasteiger partial charge in [-0.3, -0.25) is 5.01 Å². The van der Waals surface area contributed by atoms with E-state index in [1.807, 2.05) is 6.34 Å². The third-order valence-corrected chi connectivity index (χ3v) is 2.22. The van der Waals surface area contributed by atoms with Gasteiger partial charge in [0.05, 0.1) is 0 Å². The van der Waals surface area contributed by atoms with Gasteiger partial charge < -0.3 is 4.90 Å². The molecule has 1 unspecified atom stereocenters. The summed E-state index contributed by atoms with van der Waals surface area (Å²) in [7, 11) is 2.09. The average molecular weight is 169 g/mol. The Bertz CT molecular complexity index is 165. The lowest BCUT2D eigenvalue weighted by Crippen LogP contribution is -2.40. The molecule has 3 nitrogen and oxygen atoms in total. The fourth-order valence-electron chi connectivity index (χ4n) is 1.55. The lowest BCUT2D eigenvalue weighted by atomic mass is 10.2. The van der Waals surface area contributed by atoms with E-state index < -0.39 is 0 Å². The number of hydrogen-bond donors (Lipinski definition) is 0. The Balaban J connectivity index is 2.56. The van der Waals surface area contributed by atoms with Crippen molar-refractivity contribution in [2.75, 3.05) is 7.05 Å². The molecular weight excluding hydrogens is 150 g/mol. The molecule has 70 valence electrons. The van der Waals surface area contributed by atoms with Gasteiger partial charge in [-0.2, -0.15) is 5.10 Å². The van der Waals surface area contributed by atoms with E-state index >= 15 is 0 Å². The van der Waals surface area contributed by atoms with Crippen molar-refractivity contribution in [2.24, 2.45) is 5.10 Å². The summed E-state index contributed by atoms with van der Waals surface area (Å²) in [6.07, 6.45) is 4.80. The van der Waals surface area contributed by atoms with E-state index in [9.17, 15) is 0 Å². The van der Waals surface area contributed by atoms with Crippen LogP contribution in [0.5, 0.6) is 0 Å². The van der Waals surface area contributed by atoms with Gasteiger partial charge in [-0.1, -0.05) is 13.3 Å². The first-order valence-corrected chi connectivity index (χ1v) is 4.71. The van der Waals surface area contributed by atoms with E-state index in [-0.39, 0.29) is 0 Å². The van der Waals surface area contributed by atoms with E-state index in [0.717, 1.165) is 0 Å². The molecule has 3 heteroatoms. The van der Waals surface area contributed by atoms with Gasteiger partial charge in [0, 0.05) is 13.1 Å². The van der Waals surface area contributed by atoms with Gasteiger partial charge in [-0.05, 0) is 20.3 Å². The van der Waals surface area contributed by atoms with Crippen LogP contribution in [-0.4, -0.2) is 35.5 Å². The van der Waals surface area contributed by atoms with Crippen LogP contribution in [-0.2, 0) is 0 Å². The van der Waals surface area contributed by atoms with E-state index in [1.54, 1.807) is 0 Å². The lowest BCUT2D eigenvalue weighted by Gasteiger charge is -2.30. The molecule has 0 aromatic carbocycles. The predicted octanol–water partition coefficient (Wildman–Crippen LogP) is 1.71. The highest BCUT2D eigenvalue weighted by Gasteiger charge is 2.25. The van der Waals surface area contributed by atoms with Crippen LogP contribution in [0, 0.1) is 0 Å². The fraction of sp³-hybridized carbons (Fsp3) is 0.889. The molecule has 0 bridgehead atoms. The van der Waals surface area contributed by atoms with Crippen molar-refractivity contribution in [2.45, 2.75) is 45.8 Å². The Morgan fingerprint density at radius 3 is 2.67 bits per heavy atom. The summed E-state index contributed by atoms with van der Waals surface area (Å²) in [6.45, 7) is 6.57. The van der Waals surface area contributed by atoms with Crippen molar-refractivity contribution in [3.05, 3.63) is 0 Å². The molecule has 1 aliphatic heterocycles. The zero-order valence-corrected chi connectivity index (χ0v) is 8.49. The summed E-state index contributed by atoms with van der Waals surface area (Å²) < 4.78 is 0. The van der Waals surface area contributed by atoms with Crippen molar-refractivity contribution in [3.63, 3.8) is 0 Å². The minimum absolute atomic E-state index is 0.481. The van der Waals surface area contributed by atoms with Crippen LogP contribution in [0.2, 0.25) is 0 Å². The Morgan fingerprint density at radius 1 is 1.50 bits per heavy atom. The van der Waals surface area contributed by atoms with Crippen LogP contribution in [0.15, 0.2) is 5.10 Å². The van der Waals surface area contributed by atoms with Gasteiger partial charge in [0.2, 0.25) is 0 Å². The van der Waals surface area contributed by atoms with E-state index in [4.69, 9.17) is 0 Å². The van der Waals surface area contributed by atoms with E-state index in [2.05, 4.69) is 42.8 Å². The number of rotatable bonds is 3. The quantitative estimate of drug-likeness (QED) is 0.640. The summed E-state index contributed by atoms with van der Waals surface area (Å²) in [4.78, 5) is 2.18. The predicted molar refractivity (Wildman–Crippen MR) is 51.9 cm³/mol. The molecule has 1 rings (SSSR count). The highest BCUT2D eigenvalue weighted by atomic mass is 15.6. The van der Waals surface area contributed by atoms with Crippen molar-refractivity contribution < 1.29 is 0 Å². The highest BCUT2D eigenvalue weighted by Crippen LogP contribution is 2.17. The van der Waals surface area contributed by atoms with Crippen LogP contribution in [0.3, 0.4) is 0 Å². The van der Waals surface area contributed by atoms with Crippen LogP contribution in [0.25, 0.3) is 0 Å². The maximum atomic E-state index is 4.35. The number of hydrazone groups is 1. The normalized spacial score (nSPS) is 22.9. The van der Waals surface area contributed by atoms with Crippen molar-refractivity contribution >= 4 is 6.34 Å². The van der Waals surface area contributed by atoms with Gasteiger partial charge in [0.1, 0.15) is 12.5 Å². The first kappa shape index (κ1) is 9.36. The highest BCUT2D eigenvalue weighted by molar-refractivity contribution is 5.56. The molecule has 0 amide bonds. The summed E-state index contributed by atoms with van der Waals surface area (Å²) in [5, 5.41) is 6.52. The summed E-state index contributed by atoms with van der Waals surface area (Å²) in [5.74, 6) is 0. The Morgan fingerprint density at radius 2 is 2.17 bits per heavy atom. The second-order valence-electron chi connectivity index (χ2n) is 3.64. The standard InChI is InChI=1S/C9H19N3/c1-5-6-9-11(4)7-10-12(9)8(2)3/h7-9H,5-6H2,1-4H3. The Kier molecular flexibility index (Phi) is 2.95. The maximum Gasteiger partial charge on any atom is 0.119 e. The van der Waals surface area contributed by atoms with Gasteiger partial charge >= 0.3 is 0 Å². The molecule has 12 heavy (non-hydrogen) atoms. The Hall–Kier alpha value is -0.730. The van der Waals surface area contributed by atoms with Gasteiger partial charge in [0.25, 0.3) is 0 Å². The monoisotopic (exact) mass is 169 g/mol. The van der Waals surface area contributed by atoms with E-state index in [1.165, 1.54) is 12.8 Å². The Labute approximate surface area is 75.0 Å². The zero-order valence-electron chi connectivity index (χ0n) is 8.49. The van der Waals surface area contributed by atoms with Gasteiger partial charge in [0.15, 0.2) is 0 Å². The largest absolute Gasteiger partial charge is 0.343 e. The molecule has 0 aliphatic carbocycles. The van der Waals surface area contributed by atoms with Crippen molar-refractivity contribution in [1.82, 2.24) is 9.91 Å². The molecule has 0 spiro atoms. The molecule has 0 saturated heterocycles. The first-order valence-electron chi connectivity index (χ1n) is 4.71. The minimum atomic E-state index is 0.481. The molecule has 0 saturated carbocycles. The molecule has 0 N–H and O–H groups in total. The second kappa shape index (κ2) is 3.78. The maximum absolute atomic E-state index is 4.35. The number of nitrogens with zero attached hydrogens (tertiary/aromatic N) is 3. The fourth-order valence-corrected chi connectivity index (χ4v) is 1.55. The summed E-state index contributed by atoms with van der Waals surface area (Å²) in [5.41, 5.74) is 0. The third kappa shape index (κ3) is 1.71. The lowest BCUT2D eigenvalue weighted by molar-refractivity contribution is 0.104. The van der Waals surface area contributed by atoms with Crippen LogP contribution in [0.4, 0.5) is 0 Å². The van der Waals surface area contributed by atoms with Gasteiger partial charge in [-0.25, -0.2) is 0 Å². The molecule has 0 fully saturated rings. The van der Waals surface area contributed by atoms with E-state index in [0.29, 0.717) is 12.2 Å². The molecule has 0 aromatic heterocycles. The molecule has 1 heterocycles. The summed E-state index contributed by atoms with van der Waals surface area (Å²) in [6, 6.07) is 0.503.